The molecule has 3 saturated carbocycles. The summed E-state index contributed by atoms with van der Waals surface area (Å²) in [7, 11) is 1.56. The van der Waals surface area contributed by atoms with Gasteiger partial charge in [-0.05, 0) is 87.0 Å². The number of allylic oxidation sites excluding steroid dienone is 1. The topological polar surface area (TPSA) is 186 Å². The third kappa shape index (κ3) is 7.81. The molecule has 49 heavy (non-hydrogen) atoms. The van der Waals surface area contributed by atoms with Gasteiger partial charge in [0.2, 0.25) is 0 Å². The minimum Gasteiger partial charge on any atom is -0.393 e. The van der Waals surface area contributed by atoms with Crippen molar-refractivity contribution in [3.63, 3.8) is 0 Å². The highest BCUT2D eigenvalue weighted by Gasteiger charge is 2.58. The van der Waals surface area contributed by atoms with Crippen LogP contribution in [0.25, 0.3) is 0 Å². The van der Waals surface area contributed by atoms with Crippen LogP contribution in [0, 0.1) is 28.6 Å². The molecule has 0 aromatic rings. The Morgan fingerprint density at radius 1 is 0.796 bits per heavy atom. The van der Waals surface area contributed by atoms with E-state index in [4.69, 9.17) is 9.57 Å². The highest BCUT2D eigenvalue weighted by molar-refractivity contribution is 6.02. The number of hydrogen-bond donors (Lipinski definition) is 2. The van der Waals surface area contributed by atoms with Gasteiger partial charge in [-0.3, -0.25) is 24.0 Å². The number of Topliss-reactive ketones (excluding diaryl/α,β-unsaturated/α-hetero) is 1. The van der Waals surface area contributed by atoms with Crippen LogP contribution in [-0.4, -0.2) is 89.0 Å². The first-order valence-corrected chi connectivity index (χ1v) is 17.6. The van der Waals surface area contributed by atoms with Crippen molar-refractivity contribution >= 4 is 41.4 Å². The fraction of sp³-hybridized carbons (Fsp3) is 0.743. The van der Waals surface area contributed by atoms with Crippen molar-refractivity contribution in [3.8, 4) is 0 Å². The van der Waals surface area contributed by atoms with Crippen molar-refractivity contribution in [2.45, 2.75) is 116 Å². The second-order valence-corrected chi connectivity index (χ2v) is 14.7. The number of ketones is 1. The molecule has 2 N–H and O–H groups in total. The molecule has 0 aromatic carbocycles. The Balaban J connectivity index is 0.000000304. The van der Waals surface area contributed by atoms with Gasteiger partial charge >= 0.3 is 11.9 Å². The quantitative estimate of drug-likeness (QED) is 0.253. The number of rotatable bonds is 10. The molecule has 4 aliphatic carbocycles. The molecule has 0 aromatic heterocycles. The van der Waals surface area contributed by atoms with Crippen molar-refractivity contribution in [1.29, 1.82) is 0 Å². The van der Waals surface area contributed by atoms with E-state index in [1.807, 2.05) is 0 Å². The zero-order valence-electron chi connectivity index (χ0n) is 28.7. The van der Waals surface area contributed by atoms with E-state index in [2.05, 4.69) is 30.1 Å². The van der Waals surface area contributed by atoms with Gasteiger partial charge in [0.1, 0.15) is 6.61 Å². The van der Waals surface area contributed by atoms with Gasteiger partial charge in [-0.15, -0.1) is 10.1 Å². The molecule has 0 spiro atoms. The SMILES string of the molecule is CC12CC[C@@H](OCC(=O)CCC(=O)ON3C(=O)CCC3=O)C=C1CCC1C2CCC2(C)C(O)CCC12.CNCC(=O)ON1C(=O)CCC1=O. The van der Waals surface area contributed by atoms with Crippen LogP contribution >= 0.6 is 0 Å². The van der Waals surface area contributed by atoms with Crippen LogP contribution in [-0.2, 0) is 48.0 Å². The lowest BCUT2D eigenvalue weighted by molar-refractivity contribution is -0.197. The number of hydrogen-bond acceptors (Lipinski definition) is 12. The maximum atomic E-state index is 12.3. The van der Waals surface area contributed by atoms with Crippen LogP contribution in [0.3, 0.4) is 0 Å². The molecule has 14 nitrogen and oxygen atoms in total. The van der Waals surface area contributed by atoms with Gasteiger partial charge in [0.15, 0.2) is 5.78 Å². The summed E-state index contributed by atoms with van der Waals surface area (Å²) in [4.78, 5) is 89.4. The molecule has 2 aliphatic heterocycles. The molecule has 7 atom stereocenters. The number of amides is 4. The number of aliphatic hydroxyl groups excluding tert-OH is 1. The predicted molar refractivity (Wildman–Crippen MR) is 170 cm³/mol. The summed E-state index contributed by atoms with van der Waals surface area (Å²) < 4.78 is 5.94. The lowest BCUT2D eigenvalue weighted by Gasteiger charge is -2.58. The zero-order chi connectivity index (χ0) is 35.5. The Bertz CT molecular complexity index is 1360. The molecule has 270 valence electrons. The Morgan fingerprint density at radius 2 is 1.41 bits per heavy atom. The van der Waals surface area contributed by atoms with Crippen LogP contribution in [0.15, 0.2) is 11.6 Å². The van der Waals surface area contributed by atoms with E-state index in [-0.39, 0.29) is 80.5 Å². The normalized spacial score (nSPS) is 33.6. The van der Waals surface area contributed by atoms with Gasteiger partial charge in [0.05, 0.1) is 25.2 Å². The molecule has 2 saturated heterocycles. The third-order valence-electron chi connectivity index (χ3n) is 11.8. The molecule has 0 bridgehead atoms. The van der Waals surface area contributed by atoms with E-state index >= 15 is 0 Å². The van der Waals surface area contributed by atoms with E-state index in [1.165, 1.54) is 18.4 Å². The lowest BCUT2D eigenvalue weighted by atomic mass is 9.47. The number of carbonyl (C=O) groups excluding carboxylic acids is 7. The number of nitrogens with one attached hydrogen (secondary N) is 1. The smallest absolute Gasteiger partial charge is 0.346 e. The molecule has 6 aliphatic rings. The summed E-state index contributed by atoms with van der Waals surface area (Å²) in [6.07, 6.45) is 10.6. The second-order valence-electron chi connectivity index (χ2n) is 14.7. The molecule has 5 fully saturated rings. The zero-order valence-corrected chi connectivity index (χ0v) is 28.7. The van der Waals surface area contributed by atoms with Gasteiger partial charge in [0, 0.05) is 32.1 Å². The Labute approximate surface area is 286 Å². The van der Waals surface area contributed by atoms with E-state index in [0.717, 1.165) is 38.5 Å². The van der Waals surface area contributed by atoms with Gasteiger partial charge < -0.3 is 24.8 Å². The van der Waals surface area contributed by atoms with E-state index < -0.39 is 35.6 Å². The van der Waals surface area contributed by atoms with Crippen molar-refractivity contribution < 1.29 is 53.1 Å². The maximum absolute atomic E-state index is 12.3. The monoisotopic (exact) mass is 687 g/mol. The highest BCUT2D eigenvalue weighted by atomic mass is 16.7. The van der Waals surface area contributed by atoms with Crippen LogP contribution in [0.5, 0.6) is 0 Å². The van der Waals surface area contributed by atoms with Crippen molar-refractivity contribution in [1.82, 2.24) is 15.4 Å². The number of aliphatic hydroxyl groups is 1. The van der Waals surface area contributed by atoms with Gasteiger partial charge in [-0.2, -0.15) is 0 Å². The maximum Gasteiger partial charge on any atom is 0.346 e. The number of likely N-dealkylation sites (N-methyl/N-ethyl adjacent to an activating group) is 1. The number of carbonyl (C=O) groups is 7. The highest BCUT2D eigenvalue weighted by Crippen LogP contribution is 2.65. The van der Waals surface area contributed by atoms with Gasteiger partial charge in [-0.1, -0.05) is 25.5 Å². The summed E-state index contributed by atoms with van der Waals surface area (Å²) in [5.41, 5.74) is 1.74. The summed E-state index contributed by atoms with van der Waals surface area (Å²) >= 11 is 0. The molecule has 4 amide bonds. The number of nitrogens with zero attached hydrogens (tertiary/aromatic N) is 2. The first-order valence-electron chi connectivity index (χ1n) is 17.6. The van der Waals surface area contributed by atoms with Gasteiger partial charge in [0.25, 0.3) is 23.6 Å². The minimum atomic E-state index is -0.766. The Morgan fingerprint density at radius 3 is 2.02 bits per heavy atom. The van der Waals surface area contributed by atoms with E-state index in [9.17, 15) is 38.7 Å². The molecule has 6 unspecified atom stereocenters. The largest absolute Gasteiger partial charge is 0.393 e. The van der Waals surface area contributed by atoms with Crippen molar-refractivity contribution in [3.05, 3.63) is 11.6 Å². The van der Waals surface area contributed by atoms with E-state index in [0.29, 0.717) is 27.9 Å². The number of hydroxylamine groups is 4. The molecule has 2 heterocycles. The summed E-state index contributed by atoms with van der Waals surface area (Å²) in [5, 5.41) is 14.2. The van der Waals surface area contributed by atoms with Crippen molar-refractivity contribution in [2.75, 3.05) is 20.2 Å². The number of fused-ring (bicyclic) bond motifs is 5. The predicted octanol–water partition coefficient (Wildman–Crippen LogP) is 2.46. The molecule has 6 rings (SSSR count). The Hall–Kier alpha value is -3.49. The fourth-order valence-corrected chi connectivity index (χ4v) is 9.06. The van der Waals surface area contributed by atoms with Crippen molar-refractivity contribution in [2.24, 2.45) is 28.6 Å². The van der Waals surface area contributed by atoms with Crippen LogP contribution in [0.1, 0.15) is 104 Å². The van der Waals surface area contributed by atoms with E-state index in [1.54, 1.807) is 7.05 Å². The number of imide groups is 2. The standard InChI is InChI=1S/C28H39NO7.C7H10N2O4/c1-27-13-11-19(35-16-18(30)4-10-26(34)36-29-24(32)8-9-25(29)33)15-17(27)3-5-20-21-6-7-23(31)28(21,2)14-12-22(20)27;1-8-4-7(12)13-9-5(10)2-3-6(9)11/h15,19-23,31H,3-14,16H2,1-2H3;8H,2-4H2,1H3/t19-,20?,21?,22?,23?,27?,28?;/m1./s1. The molecular weight excluding hydrogens is 638 g/mol. The minimum absolute atomic E-state index is 0.0307. The molecule has 14 heteroatoms. The first-order chi connectivity index (χ1) is 23.3. The van der Waals surface area contributed by atoms with Crippen LogP contribution in [0.4, 0.5) is 0 Å². The lowest BCUT2D eigenvalue weighted by Crippen LogP contribution is -2.51. The Kier molecular flexibility index (Phi) is 11.4. The fourth-order valence-electron chi connectivity index (χ4n) is 9.06. The van der Waals surface area contributed by atoms with Gasteiger partial charge in [-0.25, -0.2) is 9.59 Å². The first kappa shape index (κ1) is 36.8. The van der Waals surface area contributed by atoms with Crippen LogP contribution < -0.4 is 5.32 Å². The number of ether oxygens (including phenoxy) is 1. The molecule has 0 radical (unpaired) electrons. The molecular formula is C35H49N3O11. The summed E-state index contributed by atoms with van der Waals surface area (Å²) in [6, 6.07) is 0. The average molecular weight is 688 g/mol. The second kappa shape index (κ2) is 15.2. The third-order valence-corrected chi connectivity index (χ3v) is 11.8. The average Bonchev–Trinajstić information content (AvgIpc) is 3.68. The summed E-state index contributed by atoms with van der Waals surface area (Å²) in [6.45, 7) is 4.64. The van der Waals surface area contributed by atoms with Crippen LogP contribution in [0.2, 0.25) is 0 Å². The summed E-state index contributed by atoms with van der Waals surface area (Å²) in [5.74, 6) is -1.63.